The van der Waals surface area contributed by atoms with E-state index >= 15 is 4.39 Å². The molecule has 2 saturated carbocycles. The molecule has 1 nitrogen and oxygen atoms in total. The van der Waals surface area contributed by atoms with Crippen molar-refractivity contribution in [2.45, 2.75) is 62.6 Å². The van der Waals surface area contributed by atoms with Crippen molar-refractivity contribution in [1.82, 2.24) is 0 Å². The molecule has 1 aromatic carbocycles. The monoisotopic (exact) mass is 247 g/mol. The Kier molecular flexibility index (Phi) is 3.14. The molecule has 0 spiro atoms. The molecule has 2 aliphatic rings. The molecule has 0 aromatic heterocycles. The van der Waals surface area contributed by atoms with Crippen molar-refractivity contribution < 1.29 is 4.39 Å². The fourth-order valence-corrected chi connectivity index (χ4v) is 3.34. The molecule has 2 atom stereocenters. The quantitative estimate of drug-likeness (QED) is 0.839. The van der Waals surface area contributed by atoms with Gasteiger partial charge in [0.05, 0.1) is 0 Å². The summed E-state index contributed by atoms with van der Waals surface area (Å²) in [4.78, 5) is 0. The van der Waals surface area contributed by atoms with Gasteiger partial charge in [0.1, 0.15) is 5.67 Å². The number of hydrogen-bond donors (Lipinski definition) is 1. The number of rotatable bonds is 2. The molecule has 2 heteroatoms. The van der Waals surface area contributed by atoms with Crippen LogP contribution in [0.25, 0.3) is 0 Å². The summed E-state index contributed by atoms with van der Waals surface area (Å²) < 4.78 is 15.0. The minimum absolute atomic E-state index is 0.0242. The summed E-state index contributed by atoms with van der Waals surface area (Å²) in [5, 5.41) is 0. The van der Waals surface area contributed by atoms with Crippen molar-refractivity contribution in [3.63, 3.8) is 0 Å². The third-order valence-electron chi connectivity index (χ3n) is 4.71. The van der Waals surface area contributed by atoms with Gasteiger partial charge in [-0.2, -0.15) is 0 Å². The smallest absolute Gasteiger partial charge is 0.137 e. The van der Waals surface area contributed by atoms with Crippen molar-refractivity contribution >= 4 is 0 Å². The highest BCUT2D eigenvalue weighted by molar-refractivity contribution is 5.32. The Morgan fingerprint density at radius 3 is 2.67 bits per heavy atom. The lowest BCUT2D eigenvalue weighted by atomic mass is 9.75. The maximum absolute atomic E-state index is 15.0. The number of halogens is 1. The van der Waals surface area contributed by atoms with E-state index in [0.717, 1.165) is 18.4 Å². The van der Waals surface area contributed by atoms with Crippen molar-refractivity contribution in [2.75, 3.05) is 0 Å². The van der Waals surface area contributed by atoms with Crippen molar-refractivity contribution in [2.24, 2.45) is 5.73 Å². The van der Waals surface area contributed by atoms with Crippen LogP contribution in [0.4, 0.5) is 4.39 Å². The van der Waals surface area contributed by atoms with Gasteiger partial charge in [0.15, 0.2) is 0 Å². The van der Waals surface area contributed by atoms with E-state index < -0.39 is 5.67 Å². The molecular formula is C16H22FN. The second-order valence-electron chi connectivity index (χ2n) is 6.08. The van der Waals surface area contributed by atoms with Gasteiger partial charge < -0.3 is 5.73 Å². The van der Waals surface area contributed by atoms with E-state index in [1.807, 2.05) is 12.1 Å². The first-order chi connectivity index (χ1) is 8.67. The van der Waals surface area contributed by atoms with Crippen LogP contribution in [0, 0.1) is 0 Å². The van der Waals surface area contributed by atoms with Crippen LogP contribution in [0.3, 0.4) is 0 Å². The molecule has 0 heterocycles. The number of benzene rings is 1. The zero-order chi connectivity index (χ0) is 12.6. The van der Waals surface area contributed by atoms with Crippen LogP contribution in [0.15, 0.2) is 24.3 Å². The lowest BCUT2D eigenvalue weighted by Gasteiger charge is -2.34. The molecule has 3 rings (SSSR count). The lowest BCUT2D eigenvalue weighted by molar-refractivity contribution is 0.0946. The Bertz CT molecular complexity index is 427. The van der Waals surface area contributed by atoms with Gasteiger partial charge in [0.25, 0.3) is 0 Å². The molecule has 0 saturated heterocycles. The van der Waals surface area contributed by atoms with Gasteiger partial charge in [-0.25, -0.2) is 4.39 Å². The summed E-state index contributed by atoms with van der Waals surface area (Å²) in [5.41, 5.74) is 6.95. The second kappa shape index (κ2) is 4.65. The lowest BCUT2D eigenvalue weighted by Crippen LogP contribution is -2.36. The predicted molar refractivity (Wildman–Crippen MR) is 72.3 cm³/mol. The molecule has 2 N–H and O–H groups in total. The number of nitrogens with two attached hydrogens (primary N) is 1. The highest BCUT2D eigenvalue weighted by Crippen LogP contribution is 2.43. The van der Waals surface area contributed by atoms with Crippen LogP contribution in [0.5, 0.6) is 0 Å². The molecule has 1 aromatic rings. The van der Waals surface area contributed by atoms with Crippen LogP contribution in [0.1, 0.15) is 62.0 Å². The number of hydrogen-bond acceptors (Lipinski definition) is 1. The Balaban J connectivity index is 1.86. The Hall–Kier alpha value is -0.890. The van der Waals surface area contributed by atoms with E-state index in [9.17, 15) is 0 Å². The van der Waals surface area contributed by atoms with Crippen molar-refractivity contribution in [3.05, 3.63) is 35.4 Å². The largest absolute Gasteiger partial charge is 0.328 e. The summed E-state index contributed by atoms with van der Waals surface area (Å²) >= 11 is 0. The van der Waals surface area contributed by atoms with E-state index in [2.05, 4.69) is 12.1 Å². The molecule has 2 unspecified atom stereocenters. The highest BCUT2D eigenvalue weighted by atomic mass is 19.1. The predicted octanol–water partition coefficient (Wildman–Crippen LogP) is 4.02. The first kappa shape index (κ1) is 12.2. The van der Waals surface area contributed by atoms with Gasteiger partial charge in [-0.3, -0.25) is 0 Å². The summed E-state index contributed by atoms with van der Waals surface area (Å²) in [6.45, 7) is 0. The summed E-state index contributed by atoms with van der Waals surface area (Å²) in [5.74, 6) is 0.672. The molecular weight excluding hydrogens is 225 g/mol. The van der Waals surface area contributed by atoms with Crippen molar-refractivity contribution in [3.8, 4) is 0 Å². The molecule has 0 radical (unpaired) electrons. The second-order valence-corrected chi connectivity index (χ2v) is 6.08. The fourth-order valence-electron chi connectivity index (χ4n) is 3.34. The molecule has 0 aliphatic heterocycles. The Morgan fingerprint density at radius 2 is 2.00 bits per heavy atom. The molecule has 2 fully saturated rings. The van der Waals surface area contributed by atoms with Gasteiger partial charge in [0, 0.05) is 12.5 Å². The Labute approximate surface area is 109 Å². The van der Waals surface area contributed by atoms with E-state index in [4.69, 9.17) is 5.73 Å². The summed E-state index contributed by atoms with van der Waals surface area (Å²) in [6.07, 6.45) is 6.85. The van der Waals surface area contributed by atoms with E-state index in [0.29, 0.717) is 18.8 Å². The molecule has 2 aliphatic carbocycles. The van der Waals surface area contributed by atoms with E-state index in [-0.39, 0.29) is 6.04 Å². The van der Waals surface area contributed by atoms with Crippen LogP contribution >= 0.6 is 0 Å². The fraction of sp³-hybridized carbons (Fsp3) is 0.625. The van der Waals surface area contributed by atoms with Gasteiger partial charge in [-0.15, -0.1) is 0 Å². The zero-order valence-corrected chi connectivity index (χ0v) is 10.9. The first-order valence-electron chi connectivity index (χ1n) is 7.22. The summed E-state index contributed by atoms with van der Waals surface area (Å²) in [6, 6.07) is 8.24. The van der Waals surface area contributed by atoms with Gasteiger partial charge in [0.2, 0.25) is 0 Å². The average molecular weight is 247 g/mol. The topological polar surface area (TPSA) is 26.0 Å². The number of alkyl halides is 1. The normalized spacial score (nSPS) is 33.1. The van der Waals surface area contributed by atoms with Gasteiger partial charge >= 0.3 is 0 Å². The molecule has 0 bridgehead atoms. The Morgan fingerprint density at radius 1 is 1.17 bits per heavy atom. The van der Waals surface area contributed by atoms with Crippen LogP contribution in [0.2, 0.25) is 0 Å². The van der Waals surface area contributed by atoms with Crippen LogP contribution in [-0.4, -0.2) is 6.04 Å². The van der Waals surface area contributed by atoms with Crippen molar-refractivity contribution in [1.29, 1.82) is 0 Å². The minimum Gasteiger partial charge on any atom is -0.328 e. The van der Waals surface area contributed by atoms with Crippen LogP contribution in [-0.2, 0) is 5.67 Å². The zero-order valence-electron chi connectivity index (χ0n) is 10.9. The first-order valence-corrected chi connectivity index (χ1v) is 7.22. The van der Waals surface area contributed by atoms with Gasteiger partial charge in [-0.1, -0.05) is 30.7 Å². The minimum atomic E-state index is -1.18. The third kappa shape index (κ3) is 2.18. The standard InChI is InChI=1S/C16H22FN/c17-16(9-3-8-15(18)11-16)14-7-2-6-13(10-14)12-4-1-5-12/h2,6-7,10,12,15H,1,3-5,8-9,11,18H2. The maximum Gasteiger partial charge on any atom is 0.137 e. The van der Waals surface area contributed by atoms with E-state index in [1.54, 1.807) is 0 Å². The SMILES string of the molecule is NC1CCCC(F)(c2cccc(C3CCC3)c2)C1. The highest BCUT2D eigenvalue weighted by Gasteiger charge is 2.37. The average Bonchev–Trinajstić information content (AvgIpc) is 2.27. The third-order valence-corrected chi connectivity index (χ3v) is 4.71. The molecule has 0 amide bonds. The molecule has 98 valence electrons. The summed E-state index contributed by atoms with van der Waals surface area (Å²) in [7, 11) is 0. The van der Waals surface area contributed by atoms with Gasteiger partial charge in [-0.05, 0) is 49.1 Å². The maximum atomic E-state index is 15.0. The van der Waals surface area contributed by atoms with E-state index in [1.165, 1.54) is 24.8 Å². The molecule has 18 heavy (non-hydrogen) atoms. The van der Waals surface area contributed by atoms with Crippen LogP contribution < -0.4 is 5.73 Å².